The number of hydrogen-bond donors (Lipinski definition) is 1. The van der Waals surface area contributed by atoms with Crippen LogP contribution in [0.1, 0.15) is 50.7 Å². The average molecular weight is 407 g/mol. The number of fused-ring (bicyclic) bond motifs is 2. The topological polar surface area (TPSA) is 52.5 Å². The lowest BCUT2D eigenvalue weighted by Gasteiger charge is -2.18. The van der Waals surface area contributed by atoms with Crippen molar-refractivity contribution in [3.8, 4) is 11.5 Å². The summed E-state index contributed by atoms with van der Waals surface area (Å²) in [5.41, 5.74) is 3.43. The number of aryl methyl sites for hydroxylation is 1. The van der Waals surface area contributed by atoms with E-state index in [1.165, 1.54) is 16.5 Å². The van der Waals surface area contributed by atoms with Crippen LogP contribution >= 0.6 is 0 Å². The summed E-state index contributed by atoms with van der Waals surface area (Å²) in [4.78, 5) is 12.9. The molecule has 0 radical (unpaired) electrons. The van der Waals surface area contributed by atoms with Crippen LogP contribution in [0.2, 0.25) is 0 Å². The zero-order valence-corrected chi connectivity index (χ0v) is 18.0. The Bertz CT molecular complexity index is 1040. The quantitative estimate of drug-likeness (QED) is 0.568. The Morgan fingerprint density at radius 2 is 1.93 bits per heavy atom. The number of benzene rings is 2. The zero-order valence-electron chi connectivity index (χ0n) is 18.0. The summed E-state index contributed by atoms with van der Waals surface area (Å²) in [6, 6.07) is 14.4. The van der Waals surface area contributed by atoms with E-state index < -0.39 is 0 Å². The molecule has 1 atom stereocenters. The number of hydrogen-bond acceptors (Lipinski definition) is 3. The Labute approximate surface area is 178 Å². The smallest absolute Gasteiger partial charge is 0.231 e. The fourth-order valence-corrected chi connectivity index (χ4v) is 4.11. The second-order valence-corrected chi connectivity index (χ2v) is 8.29. The van der Waals surface area contributed by atoms with Gasteiger partial charge in [-0.05, 0) is 48.6 Å². The van der Waals surface area contributed by atoms with E-state index in [9.17, 15) is 4.79 Å². The van der Waals surface area contributed by atoms with Crippen molar-refractivity contribution >= 4 is 16.8 Å². The number of nitrogens with zero attached hydrogens (tertiary/aromatic N) is 1. The number of para-hydroxylation sites is 1. The van der Waals surface area contributed by atoms with Gasteiger partial charge in [0.25, 0.3) is 0 Å². The predicted octanol–water partition coefficient (Wildman–Crippen LogP) is 5.07. The van der Waals surface area contributed by atoms with Gasteiger partial charge in [-0.15, -0.1) is 0 Å². The van der Waals surface area contributed by atoms with Crippen molar-refractivity contribution in [2.75, 3.05) is 13.3 Å². The maximum Gasteiger partial charge on any atom is 0.231 e. The molecule has 5 nitrogen and oxygen atoms in total. The molecule has 0 saturated heterocycles. The Hall–Kier alpha value is -2.95. The van der Waals surface area contributed by atoms with E-state index in [0.29, 0.717) is 18.9 Å². The summed E-state index contributed by atoms with van der Waals surface area (Å²) in [6.07, 6.45) is 3.58. The summed E-state index contributed by atoms with van der Waals surface area (Å²) >= 11 is 0. The van der Waals surface area contributed by atoms with Crippen LogP contribution in [0.5, 0.6) is 11.5 Å². The maximum absolute atomic E-state index is 12.9. The minimum atomic E-state index is -0.0590. The van der Waals surface area contributed by atoms with Gasteiger partial charge in [-0.25, -0.2) is 0 Å². The van der Waals surface area contributed by atoms with Crippen LogP contribution in [0.4, 0.5) is 0 Å². The van der Waals surface area contributed by atoms with Crippen LogP contribution in [0.3, 0.4) is 0 Å². The molecule has 5 heteroatoms. The molecule has 4 rings (SSSR count). The van der Waals surface area contributed by atoms with E-state index >= 15 is 0 Å². The third-order valence-electron chi connectivity index (χ3n) is 5.77. The van der Waals surface area contributed by atoms with E-state index in [1.54, 1.807) is 0 Å². The highest BCUT2D eigenvalue weighted by atomic mass is 16.7. The maximum atomic E-state index is 12.9. The Morgan fingerprint density at radius 3 is 2.73 bits per heavy atom. The predicted molar refractivity (Wildman–Crippen MR) is 119 cm³/mol. The number of carbonyl (C=O) groups is 1. The molecule has 0 unspecified atom stereocenters. The molecule has 2 heterocycles. The van der Waals surface area contributed by atoms with Crippen LogP contribution in [0.25, 0.3) is 10.9 Å². The van der Waals surface area contributed by atoms with Gasteiger partial charge in [0.2, 0.25) is 12.7 Å². The minimum Gasteiger partial charge on any atom is -0.454 e. The second-order valence-electron chi connectivity index (χ2n) is 8.29. The lowest BCUT2D eigenvalue weighted by Crippen LogP contribution is -2.27. The van der Waals surface area contributed by atoms with Crippen molar-refractivity contribution in [2.45, 2.75) is 46.1 Å². The number of ether oxygens (including phenoxy) is 2. The van der Waals surface area contributed by atoms with Crippen LogP contribution in [0, 0.1) is 5.92 Å². The van der Waals surface area contributed by atoms with E-state index in [0.717, 1.165) is 30.0 Å². The van der Waals surface area contributed by atoms with Crippen LogP contribution in [-0.4, -0.2) is 23.8 Å². The minimum absolute atomic E-state index is 0.0590. The van der Waals surface area contributed by atoms with Crippen molar-refractivity contribution in [3.05, 3.63) is 59.8 Å². The van der Waals surface area contributed by atoms with Gasteiger partial charge in [-0.1, -0.05) is 38.1 Å². The first-order valence-electron chi connectivity index (χ1n) is 10.8. The van der Waals surface area contributed by atoms with Gasteiger partial charge >= 0.3 is 0 Å². The highest BCUT2D eigenvalue weighted by Gasteiger charge is 2.25. The molecule has 30 heavy (non-hydrogen) atoms. The van der Waals surface area contributed by atoms with Gasteiger partial charge in [-0.3, -0.25) is 4.79 Å². The van der Waals surface area contributed by atoms with E-state index in [-0.39, 0.29) is 18.6 Å². The van der Waals surface area contributed by atoms with Crippen LogP contribution < -0.4 is 14.8 Å². The van der Waals surface area contributed by atoms with Gasteiger partial charge in [0.1, 0.15) is 0 Å². The molecule has 1 aromatic heterocycles. The molecular weight excluding hydrogens is 376 g/mol. The van der Waals surface area contributed by atoms with E-state index in [4.69, 9.17) is 9.47 Å². The van der Waals surface area contributed by atoms with Gasteiger partial charge in [0.05, 0.1) is 0 Å². The number of amides is 1. The molecule has 1 aliphatic rings. The van der Waals surface area contributed by atoms with Crippen molar-refractivity contribution in [2.24, 2.45) is 5.92 Å². The average Bonchev–Trinajstić information content (AvgIpc) is 3.35. The van der Waals surface area contributed by atoms with Crippen molar-refractivity contribution in [1.82, 2.24) is 9.88 Å². The van der Waals surface area contributed by atoms with Gasteiger partial charge in [0, 0.05) is 42.5 Å². The Kier molecular flexibility index (Phi) is 5.98. The van der Waals surface area contributed by atoms with Crippen molar-refractivity contribution < 1.29 is 14.3 Å². The highest BCUT2D eigenvalue weighted by Crippen LogP contribution is 2.40. The molecule has 1 N–H and O–H groups in total. The molecule has 158 valence electrons. The molecule has 0 fully saturated rings. The highest BCUT2D eigenvalue weighted by molar-refractivity contribution is 5.86. The number of aromatic nitrogens is 1. The van der Waals surface area contributed by atoms with Crippen molar-refractivity contribution in [1.29, 1.82) is 0 Å². The number of rotatable bonds is 8. The SMILES string of the molecule is CCn1cc([C@@H](CC(=O)NCCC(C)C)c2ccc3c(c2)OCO3)c2ccccc21. The first kappa shape index (κ1) is 20.3. The van der Waals surface area contributed by atoms with E-state index in [1.807, 2.05) is 12.1 Å². The standard InChI is InChI=1S/C25H30N2O3/c1-4-27-15-21(19-7-5-6-8-22(19)27)20(14-25(28)26-12-11-17(2)3)18-9-10-23-24(13-18)30-16-29-23/h5-10,13,15,17,20H,4,11-12,14,16H2,1-3H3,(H,26,28)/t20-/m0/s1. The van der Waals surface area contributed by atoms with Crippen molar-refractivity contribution in [3.63, 3.8) is 0 Å². The molecule has 0 spiro atoms. The molecule has 0 aliphatic carbocycles. The normalized spacial score (nSPS) is 13.7. The Morgan fingerprint density at radius 1 is 1.13 bits per heavy atom. The fourth-order valence-electron chi connectivity index (χ4n) is 4.11. The molecule has 2 aromatic carbocycles. The number of nitrogens with one attached hydrogen (secondary N) is 1. The summed E-state index contributed by atoms with van der Waals surface area (Å²) in [7, 11) is 0. The molecule has 1 amide bonds. The van der Waals surface area contributed by atoms with Gasteiger partial charge < -0.3 is 19.4 Å². The van der Waals surface area contributed by atoms with Gasteiger partial charge in [0.15, 0.2) is 11.5 Å². The monoisotopic (exact) mass is 406 g/mol. The lowest BCUT2D eigenvalue weighted by molar-refractivity contribution is -0.121. The first-order valence-corrected chi connectivity index (χ1v) is 10.8. The molecule has 1 aliphatic heterocycles. The largest absolute Gasteiger partial charge is 0.454 e. The third-order valence-corrected chi connectivity index (χ3v) is 5.77. The molecule has 0 bridgehead atoms. The third kappa shape index (κ3) is 4.16. The summed E-state index contributed by atoms with van der Waals surface area (Å²) < 4.78 is 13.3. The molecule has 0 saturated carbocycles. The molecular formula is C25H30N2O3. The second kappa shape index (κ2) is 8.82. The fraction of sp³-hybridized carbons (Fsp3) is 0.400. The number of carbonyl (C=O) groups excluding carboxylic acids is 1. The molecule has 3 aromatic rings. The van der Waals surface area contributed by atoms with Crippen LogP contribution in [-0.2, 0) is 11.3 Å². The zero-order chi connectivity index (χ0) is 21.1. The van der Waals surface area contributed by atoms with Gasteiger partial charge in [-0.2, -0.15) is 0 Å². The Balaban J connectivity index is 1.70. The van der Waals surface area contributed by atoms with Crippen LogP contribution in [0.15, 0.2) is 48.7 Å². The first-order chi connectivity index (χ1) is 14.6. The summed E-state index contributed by atoms with van der Waals surface area (Å²) in [6.45, 7) is 8.32. The summed E-state index contributed by atoms with van der Waals surface area (Å²) in [5.74, 6) is 2.09. The lowest BCUT2D eigenvalue weighted by atomic mass is 9.87. The summed E-state index contributed by atoms with van der Waals surface area (Å²) in [5, 5.41) is 4.30. The van der Waals surface area contributed by atoms with E-state index in [2.05, 4.69) is 67.2 Å².